The Morgan fingerprint density at radius 2 is 1.83 bits per heavy atom. The monoisotopic (exact) mass is 422 g/mol. The molecule has 0 bridgehead atoms. The number of nitrogens with zero attached hydrogens (tertiary/aromatic N) is 5. The highest BCUT2D eigenvalue weighted by Gasteiger charge is 2.19. The molecule has 2 aromatic heterocycles. The fourth-order valence-corrected chi connectivity index (χ4v) is 3.42. The average molecular weight is 422 g/mol. The fraction of sp³-hybridized carbons (Fsp3) is 0.150. The standard InChI is InChI=1S/C20H18N6O3S/c1-12-17(23-25-26(12)15-6-4-5-7-16(15)29-3)18-21-20(30-24-18)22-19(27)13-8-10-14(28-2)11-9-13/h4-11H,1-3H3,(H,21,22,24,27). The molecule has 0 atom stereocenters. The highest BCUT2D eigenvalue weighted by Crippen LogP contribution is 2.27. The summed E-state index contributed by atoms with van der Waals surface area (Å²) in [7, 11) is 3.18. The van der Waals surface area contributed by atoms with E-state index in [9.17, 15) is 4.79 Å². The number of hydrogen-bond acceptors (Lipinski definition) is 8. The minimum absolute atomic E-state index is 0.283. The van der Waals surface area contributed by atoms with E-state index in [0.717, 1.165) is 22.9 Å². The van der Waals surface area contributed by atoms with Gasteiger partial charge in [0.1, 0.15) is 17.2 Å². The van der Waals surface area contributed by atoms with Gasteiger partial charge in [0.2, 0.25) is 5.13 Å². The number of nitrogens with one attached hydrogen (secondary N) is 1. The van der Waals surface area contributed by atoms with Gasteiger partial charge in [-0.3, -0.25) is 10.1 Å². The summed E-state index contributed by atoms with van der Waals surface area (Å²) in [5.41, 5.74) is 2.54. The molecule has 1 amide bonds. The fourth-order valence-electron chi connectivity index (χ4n) is 2.85. The van der Waals surface area contributed by atoms with Crippen molar-refractivity contribution >= 4 is 22.6 Å². The van der Waals surface area contributed by atoms with Gasteiger partial charge in [0.25, 0.3) is 5.91 Å². The lowest BCUT2D eigenvalue weighted by atomic mass is 10.2. The number of methoxy groups -OCH3 is 2. The zero-order chi connectivity index (χ0) is 21.1. The first kappa shape index (κ1) is 19.5. The highest BCUT2D eigenvalue weighted by molar-refractivity contribution is 7.10. The third kappa shape index (κ3) is 3.72. The first-order valence-corrected chi connectivity index (χ1v) is 9.73. The van der Waals surface area contributed by atoms with Crippen LogP contribution in [0.1, 0.15) is 16.1 Å². The molecule has 30 heavy (non-hydrogen) atoms. The van der Waals surface area contributed by atoms with E-state index < -0.39 is 0 Å². The van der Waals surface area contributed by atoms with Crippen LogP contribution in [0.5, 0.6) is 11.5 Å². The van der Waals surface area contributed by atoms with Gasteiger partial charge in [-0.1, -0.05) is 17.3 Å². The second-order valence-corrected chi connectivity index (χ2v) is 6.96. The molecule has 0 unspecified atom stereocenters. The molecule has 0 radical (unpaired) electrons. The Labute approximate surface area is 176 Å². The maximum Gasteiger partial charge on any atom is 0.257 e. The van der Waals surface area contributed by atoms with Crippen molar-refractivity contribution in [2.75, 3.05) is 19.5 Å². The number of ether oxygens (including phenoxy) is 2. The minimum Gasteiger partial charge on any atom is -0.497 e. The van der Waals surface area contributed by atoms with Crippen LogP contribution in [0.15, 0.2) is 48.5 Å². The lowest BCUT2D eigenvalue weighted by molar-refractivity contribution is 0.102. The summed E-state index contributed by atoms with van der Waals surface area (Å²) in [5.74, 6) is 1.47. The maximum atomic E-state index is 12.4. The zero-order valence-corrected chi connectivity index (χ0v) is 17.3. The highest BCUT2D eigenvalue weighted by atomic mass is 32.1. The Morgan fingerprint density at radius 3 is 2.57 bits per heavy atom. The number of benzene rings is 2. The van der Waals surface area contributed by atoms with Crippen molar-refractivity contribution in [2.24, 2.45) is 0 Å². The van der Waals surface area contributed by atoms with E-state index >= 15 is 0 Å². The molecule has 0 aliphatic carbocycles. The van der Waals surface area contributed by atoms with Crippen molar-refractivity contribution in [3.05, 3.63) is 59.8 Å². The van der Waals surface area contributed by atoms with Crippen molar-refractivity contribution in [1.82, 2.24) is 24.4 Å². The Balaban J connectivity index is 1.55. The maximum absolute atomic E-state index is 12.4. The number of carbonyl (C=O) groups is 1. The number of para-hydroxylation sites is 2. The number of rotatable bonds is 6. The number of aromatic nitrogens is 5. The topological polar surface area (TPSA) is 104 Å². The molecule has 10 heteroatoms. The largest absolute Gasteiger partial charge is 0.497 e. The molecule has 4 rings (SSSR count). The summed E-state index contributed by atoms with van der Waals surface area (Å²) in [4.78, 5) is 16.8. The van der Waals surface area contributed by atoms with Crippen LogP contribution < -0.4 is 14.8 Å². The van der Waals surface area contributed by atoms with E-state index in [1.807, 2.05) is 31.2 Å². The van der Waals surface area contributed by atoms with E-state index in [-0.39, 0.29) is 5.91 Å². The van der Waals surface area contributed by atoms with Gasteiger partial charge in [-0.15, -0.1) is 5.10 Å². The quantitative estimate of drug-likeness (QED) is 0.508. The van der Waals surface area contributed by atoms with Crippen molar-refractivity contribution in [3.63, 3.8) is 0 Å². The Kier molecular flexibility index (Phi) is 5.40. The van der Waals surface area contributed by atoms with Gasteiger partial charge in [0.05, 0.1) is 19.9 Å². The van der Waals surface area contributed by atoms with Crippen LogP contribution in [0.3, 0.4) is 0 Å². The summed E-state index contributed by atoms with van der Waals surface area (Å²) < 4.78 is 16.5. The van der Waals surface area contributed by atoms with Gasteiger partial charge in [-0.2, -0.15) is 9.36 Å². The second kappa shape index (κ2) is 8.29. The number of carbonyl (C=O) groups excluding carboxylic acids is 1. The third-order valence-corrected chi connectivity index (χ3v) is 5.05. The lowest BCUT2D eigenvalue weighted by Crippen LogP contribution is -2.11. The summed E-state index contributed by atoms with van der Waals surface area (Å²) in [6.45, 7) is 1.87. The molecule has 0 saturated heterocycles. The number of hydrogen-bond donors (Lipinski definition) is 1. The first-order valence-electron chi connectivity index (χ1n) is 8.96. The molecule has 152 valence electrons. The number of amides is 1. The molecule has 2 aromatic carbocycles. The van der Waals surface area contributed by atoms with Gasteiger partial charge >= 0.3 is 0 Å². The molecule has 0 saturated carbocycles. The summed E-state index contributed by atoms with van der Waals surface area (Å²) in [6.07, 6.45) is 0. The predicted molar refractivity (Wildman–Crippen MR) is 112 cm³/mol. The first-order chi connectivity index (χ1) is 14.6. The average Bonchev–Trinajstić information content (AvgIpc) is 3.39. The smallest absolute Gasteiger partial charge is 0.257 e. The minimum atomic E-state index is -0.283. The molecule has 2 heterocycles. The second-order valence-electron chi connectivity index (χ2n) is 6.21. The van der Waals surface area contributed by atoms with Gasteiger partial charge in [0, 0.05) is 17.1 Å². The SMILES string of the molecule is COc1ccc(C(=O)Nc2nc(-c3nnn(-c4ccccc4OC)c3C)ns2)cc1. The third-order valence-electron chi connectivity index (χ3n) is 4.42. The molecule has 1 N–H and O–H groups in total. The zero-order valence-electron chi connectivity index (χ0n) is 16.5. The normalized spacial score (nSPS) is 10.6. The van der Waals surface area contributed by atoms with E-state index in [1.54, 1.807) is 43.2 Å². The van der Waals surface area contributed by atoms with Gasteiger partial charge < -0.3 is 9.47 Å². The van der Waals surface area contributed by atoms with E-state index in [2.05, 4.69) is 25.0 Å². The molecule has 0 aliphatic heterocycles. The summed E-state index contributed by atoms with van der Waals surface area (Å²) >= 11 is 1.08. The van der Waals surface area contributed by atoms with Crippen LogP contribution >= 0.6 is 11.5 Å². The van der Waals surface area contributed by atoms with E-state index in [4.69, 9.17) is 9.47 Å². The Bertz CT molecular complexity index is 1190. The van der Waals surface area contributed by atoms with E-state index in [0.29, 0.717) is 33.7 Å². The lowest BCUT2D eigenvalue weighted by Gasteiger charge is -2.08. The molecular weight excluding hydrogens is 404 g/mol. The molecule has 4 aromatic rings. The summed E-state index contributed by atoms with van der Waals surface area (Å²) in [6, 6.07) is 14.3. The van der Waals surface area contributed by atoms with Crippen LogP contribution in [0, 0.1) is 6.92 Å². The van der Waals surface area contributed by atoms with Crippen molar-refractivity contribution < 1.29 is 14.3 Å². The van der Waals surface area contributed by atoms with E-state index in [1.165, 1.54) is 0 Å². The van der Waals surface area contributed by atoms with Crippen LogP contribution in [0.25, 0.3) is 17.2 Å². The Hall–Kier alpha value is -3.79. The Morgan fingerprint density at radius 1 is 1.07 bits per heavy atom. The van der Waals surface area contributed by atoms with Gasteiger partial charge in [0.15, 0.2) is 11.5 Å². The van der Waals surface area contributed by atoms with Crippen LogP contribution in [-0.4, -0.2) is 44.5 Å². The van der Waals surface area contributed by atoms with Gasteiger partial charge in [-0.25, -0.2) is 4.68 Å². The molecule has 0 fully saturated rings. The van der Waals surface area contributed by atoms with Crippen LogP contribution in [-0.2, 0) is 0 Å². The van der Waals surface area contributed by atoms with Crippen LogP contribution in [0.2, 0.25) is 0 Å². The van der Waals surface area contributed by atoms with Crippen molar-refractivity contribution in [2.45, 2.75) is 6.92 Å². The number of anilines is 1. The van der Waals surface area contributed by atoms with Gasteiger partial charge in [-0.05, 0) is 43.3 Å². The molecular formula is C20H18N6O3S. The molecule has 0 aliphatic rings. The predicted octanol–water partition coefficient (Wildman–Crippen LogP) is 3.36. The van der Waals surface area contributed by atoms with Crippen LogP contribution in [0.4, 0.5) is 5.13 Å². The van der Waals surface area contributed by atoms with Crippen molar-refractivity contribution in [1.29, 1.82) is 0 Å². The molecule has 0 spiro atoms. The summed E-state index contributed by atoms with van der Waals surface area (Å²) in [5, 5.41) is 11.6. The molecule has 9 nitrogen and oxygen atoms in total. The van der Waals surface area contributed by atoms with Crippen molar-refractivity contribution in [3.8, 4) is 28.7 Å².